The first kappa shape index (κ1) is 17.4. The molecule has 130 valence electrons. The highest BCUT2D eigenvalue weighted by molar-refractivity contribution is 6.29. The third kappa shape index (κ3) is 3.79. The molecule has 0 bridgehead atoms. The zero-order valence-electron chi connectivity index (χ0n) is 14.1. The molecule has 2 aliphatic rings. The van der Waals surface area contributed by atoms with Crippen molar-refractivity contribution in [2.24, 2.45) is 5.92 Å². The summed E-state index contributed by atoms with van der Waals surface area (Å²) >= 11 is 5.80. The van der Waals surface area contributed by atoms with Crippen LogP contribution in [-0.2, 0) is 13.1 Å². The second kappa shape index (κ2) is 7.19. The Bertz CT molecular complexity index is 960. The van der Waals surface area contributed by atoms with Crippen LogP contribution in [0, 0.1) is 5.92 Å². The molecule has 0 N–H and O–H groups in total. The van der Waals surface area contributed by atoms with Gasteiger partial charge in [-0.15, -0.1) is 0 Å². The number of aromatic nitrogens is 4. The van der Waals surface area contributed by atoms with Gasteiger partial charge in [0.2, 0.25) is 0 Å². The van der Waals surface area contributed by atoms with Crippen LogP contribution in [0.5, 0.6) is 0 Å². The Morgan fingerprint density at radius 3 is 2.68 bits per heavy atom. The second-order valence-electron chi connectivity index (χ2n) is 6.40. The highest BCUT2D eigenvalue weighted by Gasteiger charge is 2.17. The summed E-state index contributed by atoms with van der Waals surface area (Å²) in [5.41, 5.74) is 0.541. The highest BCUT2D eigenvalue weighted by atomic mass is 35.5. The molecule has 2 aliphatic heterocycles. The van der Waals surface area contributed by atoms with Crippen LogP contribution in [0.3, 0.4) is 0 Å². The van der Waals surface area contributed by atoms with Crippen LogP contribution in [0.25, 0.3) is 11.4 Å². The maximum atomic E-state index is 12.7. The molecule has 0 amide bonds. The van der Waals surface area contributed by atoms with Gasteiger partial charge < -0.3 is 4.57 Å². The van der Waals surface area contributed by atoms with E-state index in [-0.39, 0.29) is 5.56 Å². The van der Waals surface area contributed by atoms with Crippen molar-refractivity contribution in [1.29, 1.82) is 0 Å². The van der Waals surface area contributed by atoms with Gasteiger partial charge in [0.15, 0.2) is 5.82 Å². The van der Waals surface area contributed by atoms with Gasteiger partial charge >= 0.3 is 5.69 Å². The van der Waals surface area contributed by atoms with Crippen LogP contribution in [0.1, 0.15) is 25.8 Å². The third-order valence-corrected chi connectivity index (χ3v) is 4.25. The monoisotopic (exact) mass is 358 g/mol. The van der Waals surface area contributed by atoms with E-state index in [0.29, 0.717) is 35.5 Å². The van der Waals surface area contributed by atoms with Crippen molar-refractivity contribution in [3.8, 4) is 11.4 Å². The zero-order chi connectivity index (χ0) is 18.0. The van der Waals surface area contributed by atoms with E-state index in [9.17, 15) is 9.59 Å². The molecule has 0 unspecified atom stereocenters. The van der Waals surface area contributed by atoms with Gasteiger partial charge in [0, 0.05) is 18.9 Å². The van der Waals surface area contributed by atoms with Gasteiger partial charge in [-0.3, -0.25) is 9.36 Å². The number of halogens is 1. The molecule has 1 aromatic heterocycles. The Morgan fingerprint density at radius 1 is 1.20 bits per heavy atom. The van der Waals surface area contributed by atoms with Crippen molar-refractivity contribution < 1.29 is 0 Å². The summed E-state index contributed by atoms with van der Waals surface area (Å²) in [6.45, 7) is 4.94. The molecule has 0 aliphatic carbocycles. The van der Waals surface area contributed by atoms with E-state index in [1.165, 1.54) is 4.57 Å². The Kier molecular flexibility index (Phi) is 4.99. The van der Waals surface area contributed by atoms with Crippen molar-refractivity contribution in [3.05, 3.63) is 68.2 Å². The highest BCUT2D eigenvalue weighted by Crippen LogP contribution is 2.15. The number of nitrogens with zero attached hydrogens (tertiary/aromatic N) is 4. The van der Waals surface area contributed by atoms with Crippen LogP contribution in [0.4, 0.5) is 0 Å². The summed E-state index contributed by atoms with van der Waals surface area (Å²) in [5.74, 6) is 0.786. The van der Waals surface area contributed by atoms with Crippen molar-refractivity contribution >= 4 is 11.6 Å². The van der Waals surface area contributed by atoms with Gasteiger partial charge in [-0.2, -0.15) is 4.98 Å². The molecular formula is C18H19ClN4O2. The lowest BCUT2D eigenvalue weighted by Gasteiger charge is -2.15. The second-order valence-corrected chi connectivity index (χ2v) is 6.78. The fourth-order valence-electron chi connectivity index (χ4n) is 2.63. The molecule has 0 atom stereocenters. The summed E-state index contributed by atoms with van der Waals surface area (Å²) in [5, 5.41) is 0.416. The largest absolute Gasteiger partial charge is 0.352 e. The molecular weight excluding hydrogens is 340 g/mol. The average Bonchev–Trinajstić information content (AvgIpc) is 2.57. The SMILES string of the molecule is CC(C)CCn1c(=O)nc2n(Cc3ccc(Cl)nc3)cccc-2c1=O. The van der Waals surface area contributed by atoms with Crippen LogP contribution in [0.2, 0.25) is 5.15 Å². The topological polar surface area (TPSA) is 69.8 Å². The third-order valence-electron chi connectivity index (χ3n) is 4.02. The lowest BCUT2D eigenvalue weighted by molar-refractivity contribution is 0.493. The molecule has 0 fully saturated rings. The Balaban J connectivity index is 2.03. The van der Waals surface area contributed by atoms with Crippen molar-refractivity contribution in [1.82, 2.24) is 19.1 Å². The summed E-state index contributed by atoms with van der Waals surface area (Å²) in [6, 6.07) is 7.04. The van der Waals surface area contributed by atoms with Crippen LogP contribution in [0.15, 0.2) is 46.2 Å². The van der Waals surface area contributed by atoms with Gasteiger partial charge in [0.05, 0.1) is 12.1 Å². The number of hydrogen-bond donors (Lipinski definition) is 0. The fourth-order valence-corrected chi connectivity index (χ4v) is 2.74. The lowest BCUT2D eigenvalue weighted by atomic mass is 10.1. The van der Waals surface area contributed by atoms with Crippen molar-refractivity contribution in [2.45, 2.75) is 33.4 Å². The molecule has 25 heavy (non-hydrogen) atoms. The molecule has 0 saturated carbocycles. The van der Waals surface area contributed by atoms with E-state index in [1.807, 2.05) is 6.07 Å². The Hall–Kier alpha value is -2.47. The van der Waals surface area contributed by atoms with E-state index in [4.69, 9.17) is 11.6 Å². The van der Waals surface area contributed by atoms with E-state index in [0.717, 1.165) is 12.0 Å². The molecule has 0 spiro atoms. The Morgan fingerprint density at radius 2 is 2.00 bits per heavy atom. The number of hydrogen-bond acceptors (Lipinski definition) is 4. The molecule has 7 heteroatoms. The van der Waals surface area contributed by atoms with Crippen molar-refractivity contribution in [3.63, 3.8) is 0 Å². The predicted molar refractivity (Wildman–Crippen MR) is 97.2 cm³/mol. The molecule has 3 heterocycles. The summed E-state index contributed by atoms with van der Waals surface area (Å²) in [6.07, 6.45) is 4.21. The standard InChI is InChI=1S/C18H19ClN4O2/c1-12(2)7-9-23-17(24)14-4-3-8-22(16(14)21-18(23)25)11-13-5-6-15(19)20-10-13/h3-6,8,10,12H,7,9,11H2,1-2H3. The van der Waals surface area contributed by atoms with Crippen molar-refractivity contribution in [2.75, 3.05) is 0 Å². The quantitative estimate of drug-likeness (QED) is 0.657. The number of pyridine rings is 2. The van der Waals surface area contributed by atoms with E-state index in [2.05, 4.69) is 23.8 Å². The predicted octanol–water partition coefficient (Wildman–Crippen LogP) is 2.65. The summed E-state index contributed by atoms with van der Waals surface area (Å²) in [7, 11) is 0. The van der Waals surface area contributed by atoms with Crippen LogP contribution >= 0.6 is 11.6 Å². The average molecular weight is 359 g/mol. The minimum Gasteiger partial charge on any atom is -0.328 e. The van der Waals surface area contributed by atoms with Gasteiger partial charge in [0.25, 0.3) is 5.56 Å². The molecule has 3 rings (SSSR count). The number of rotatable bonds is 5. The maximum absolute atomic E-state index is 12.7. The maximum Gasteiger partial charge on any atom is 0.352 e. The smallest absolute Gasteiger partial charge is 0.328 e. The minimum atomic E-state index is -0.507. The van der Waals surface area contributed by atoms with E-state index >= 15 is 0 Å². The summed E-state index contributed by atoms with van der Waals surface area (Å²) < 4.78 is 2.99. The van der Waals surface area contributed by atoms with Gasteiger partial charge in [-0.1, -0.05) is 31.5 Å². The first-order valence-corrected chi connectivity index (χ1v) is 8.54. The van der Waals surface area contributed by atoms with Gasteiger partial charge in [0.1, 0.15) is 5.15 Å². The van der Waals surface area contributed by atoms with Gasteiger partial charge in [-0.25, -0.2) is 9.78 Å². The van der Waals surface area contributed by atoms with E-state index in [1.54, 1.807) is 35.2 Å². The molecule has 0 saturated heterocycles. The lowest BCUT2D eigenvalue weighted by Crippen LogP contribution is -2.38. The van der Waals surface area contributed by atoms with Crippen LogP contribution in [-0.4, -0.2) is 19.1 Å². The van der Waals surface area contributed by atoms with Crippen LogP contribution < -0.4 is 11.2 Å². The fraction of sp³-hybridized carbons (Fsp3) is 0.333. The first-order chi connectivity index (χ1) is 12.0. The molecule has 1 aromatic rings. The number of fused-ring (bicyclic) bond motifs is 1. The normalized spacial score (nSPS) is 11.4. The molecule has 6 nitrogen and oxygen atoms in total. The molecule has 0 radical (unpaired) electrons. The zero-order valence-corrected chi connectivity index (χ0v) is 14.9. The minimum absolute atomic E-state index is 0.292. The first-order valence-electron chi connectivity index (χ1n) is 8.16. The van der Waals surface area contributed by atoms with E-state index < -0.39 is 5.69 Å². The molecule has 0 aromatic carbocycles. The Labute approximate surface area is 150 Å². The van der Waals surface area contributed by atoms with Gasteiger partial charge in [-0.05, 0) is 36.1 Å². The summed E-state index contributed by atoms with van der Waals surface area (Å²) in [4.78, 5) is 33.2.